The fourth-order valence-corrected chi connectivity index (χ4v) is 3.57. The van der Waals surface area contributed by atoms with E-state index in [0.717, 1.165) is 38.5 Å². The van der Waals surface area contributed by atoms with Gasteiger partial charge >= 0.3 is 6.03 Å². The molecule has 0 aliphatic carbocycles. The lowest BCUT2D eigenvalue weighted by atomic mass is 10.1. The molecule has 0 saturated carbocycles. The molecule has 33 heavy (non-hydrogen) atoms. The second-order valence-corrected chi connectivity index (χ2v) is 7.84. The first-order chi connectivity index (χ1) is 16.0. The van der Waals surface area contributed by atoms with Crippen molar-refractivity contribution in [3.63, 3.8) is 0 Å². The predicted octanol–water partition coefficient (Wildman–Crippen LogP) is 2.86. The quantitative estimate of drug-likeness (QED) is 0.538. The number of morpholine rings is 1. The van der Waals surface area contributed by atoms with Crippen molar-refractivity contribution < 1.29 is 19.1 Å². The number of carbonyl (C=O) groups excluding carboxylic acids is 2. The molecule has 1 fully saturated rings. The monoisotopic (exact) mass is 455 g/mol. The zero-order chi connectivity index (χ0) is 23.6. The molecule has 3 amide bonds. The smallest absolute Gasteiger partial charge is 0.323 e. The molecule has 1 aliphatic rings. The number of para-hydroxylation sites is 2. The molecule has 1 saturated heterocycles. The van der Waals surface area contributed by atoms with Gasteiger partial charge in [-0.3, -0.25) is 9.69 Å². The van der Waals surface area contributed by atoms with Crippen molar-refractivity contribution in [3.8, 4) is 5.75 Å². The number of nitrogens with zero attached hydrogens (tertiary/aromatic N) is 2. The van der Waals surface area contributed by atoms with E-state index in [2.05, 4.69) is 20.9 Å². The lowest BCUT2D eigenvalue weighted by Crippen LogP contribution is -2.41. The zero-order valence-electron chi connectivity index (χ0n) is 19.5. The number of ether oxygens (including phenoxy) is 2. The number of carbonyl (C=O) groups is 2. The maximum absolute atomic E-state index is 12.9. The summed E-state index contributed by atoms with van der Waals surface area (Å²) in [7, 11) is 3.76. The highest BCUT2D eigenvalue weighted by Gasteiger charge is 2.16. The molecule has 3 N–H and O–H groups in total. The molecule has 2 aromatic carbocycles. The summed E-state index contributed by atoms with van der Waals surface area (Å²) in [5, 5.41) is 8.59. The van der Waals surface area contributed by atoms with Gasteiger partial charge in [0.1, 0.15) is 5.75 Å². The Morgan fingerprint density at radius 3 is 2.58 bits per heavy atom. The zero-order valence-corrected chi connectivity index (χ0v) is 19.5. The van der Waals surface area contributed by atoms with Gasteiger partial charge in [0.25, 0.3) is 5.91 Å². The highest BCUT2D eigenvalue weighted by atomic mass is 16.5. The normalized spacial score (nSPS) is 13.8. The molecule has 9 heteroatoms. The van der Waals surface area contributed by atoms with Crippen molar-refractivity contribution in [2.24, 2.45) is 0 Å². The molecule has 0 atom stereocenters. The number of rotatable bonds is 9. The van der Waals surface area contributed by atoms with Crippen LogP contribution in [0.3, 0.4) is 0 Å². The largest absolute Gasteiger partial charge is 0.492 e. The fraction of sp³-hybridized carbons (Fsp3) is 0.417. The Morgan fingerprint density at radius 1 is 1.09 bits per heavy atom. The van der Waals surface area contributed by atoms with Gasteiger partial charge in [-0.1, -0.05) is 12.1 Å². The fourth-order valence-electron chi connectivity index (χ4n) is 3.57. The van der Waals surface area contributed by atoms with Gasteiger partial charge in [-0.2, -0.15) is 0 Å². The Labute approximate surface area is 195 Å². The number of anilines is 3. The van der Waals surface area contributed by atoms with Crippen molar-refractivity contribution in [1.82, 2.24) is 10.2 Å². The van der Waals surface area contributed by atoms with Gasteiger partial charge in [0, 0.05) is 51.6 Å². The van der Waals surface area contributed by atoms with E-state index in [-0.39, 0.29) is 5.91 Å². The Balaban J connectivity index is 1.65. The molecule has 2 aromatic rings. The molecular formula is C24H33N5O4. The molecule has 0 radical (unpaired) electrons. The molecule has 9 nitrogen and oxygen atoms in total. The first-order valence-electron chi connectivity index (χ1n) is 11.2. The minimum absolute atomic E-state index is 0.183. The van der Waals surface area contributed by atoms with E-state index < -0.39 is 6.03 Å². The summed E-state index contributed by atoms with van der Waals surface area (Å²) in [6.45, 7) is 6.89. The maximum Gasteiger partial charge on any atom is 0.323 e. The summed E-state index contributed by atoms with van der Waals surface area (Å²) in [6.07, 6.45) is 0. The standard InChI is InChI=1S/C24H33N5O4/c1-4-33-22-8-6-5-7-20(22)27-24(31)26-18-9-10-21(28(2)3)19(17-18)23(30)25-11-12-29-13-15-32-16-14-29/h5-10,17H,4,11-16H2,1-3H3,(H,25,30)(H2,26,27,31). The van der Waals surface area contributed by atoms with Crippen LogP contribution in [0.4, 0.5) is 21.9 Å². The van der Waals surface area contributed by atoms with E-state index in [1.54, 1.807) is 24.3 Å². The number of nitrogens with one attached hydrogen (secondary N) is 3. The van der Waals surface area contributed by atoms with Crippen molar-refractivity contribution in [2.75, 3.05) is 75.6 Å². The third-order valence-corrected chi connectivity index (χ3v) is 5.23. The van der Waals surface area contributed by atoms with Crippen LogP contribution in [0.15, 0.2) is 42.5 Å². The average Bonchev–Trinajstić information content (AvgIpc) is 2.81. The van der Waals surface area contributed by atoms with E-state index in [0.29, 0.717) is 35.8 Å². The Bertz CT molecular complexity index is 944. The van der Waals surface area contributed by atoms with E-state index in [9.17, 15) is 9.59 Å². The second-order valence-electron chi connectivity index (χ2n) is 7.84. The van der Waals surface area contributed by atoms with Crippen molar-refractivity contribution in [3.05, 3.63) is 48.0 Å². The van der Waals surface area contributed by atoms with Gasteiger partial charge in [0.05, 0.1) is 31.1 Å². The molecular weight excluding hydrogens is 422 g/mol. The lowest BCUT2D eigenvalue weighted by Gasteiger charge is -2.26. The van der Waals surface area contributed by atoms with Crippen LogP contribution in [0.5, 0.6) is 5.75 Å². The summed E-state index contributed by atoms with van der Waals surface area (Å²) >= 11 is 0. The van der Waals surface area contributed by atoms with Gasteiger partial charge in [-0.25, -0.2) is 4.79 Å². The van der Waals surface area contributed by atoms with Crippen LogP contribution < -0.4 is 25.6 Å². The highest BCUT2D eigenvalue weighted by molar-refractivity contribution is 6.04. The maximum atomic E-state index is 12.9. The van der Waals surface area contributed by atoms with Crippen LogP contribution in [0, 0.1) is 0 Å². The van der Waals surface area contributed by atoms with Crippen LogP contribution in [0.2, 0.25) is 0 Å². The minimum atomic E-state index is -0.418. The highest BCUT2D eigenvalue weighted by Crippen LogP contribution is 2.25. The predicted molar refractivity (Wildman–Crippen MR) is 131 cm³/mol. The number of hydrogen-bond acceptors (Lipinski definition) is 6. The third-order valence-electron chi connectivity index (χ3n) is 5.23. The molecule has 1 heterocycles. The summed E-state index contributed by atoms with van der Waals surface area (Å²) in [6, 6.07) is 12.1. The Kier molecular flexibility index (Phi) is 8.91. The lowest BCUT2D eigenvalue weighted by molar-refractivity contribution is 0.0383. The summed E-state index contributed by atoms with van der Waals surface area (Å²) < 4.78 is 10.9. The van der Waals surface area contributed by atoms with E-state index >= 15 is 0 Å². The van der Waals surface area contributed by atoms with Crippen molar-refractivity contribution in [2.45, 2.75) is 6.92 Å². The molecule has 0 spiro atoms. The van der Waals surface area contributed by atoms with Crippen LogP contribution >= 0.6 is 0 Å². The first kappa shape index (κ1) is 24.3. The summed E-state index contributed by atoms with van der Waals surface area (Å²) in [5.41, 5.74) is 2.36. The Morgan fingerprint density at radius 2 is 1.85 bits per heavy atom. The van der Waals surface area contributed by atoms with Gasteiger partial charge in [0.15, 0.2) is 0 Å². The van der Waals surface area contributed by atoms with Gasteiger partial charge in [-0.05, 0) is 37.3 Å². The van der Waals surface area contributed by atoms with E-state index in [1.165, 1.54) is 0 Å². The molecule has 0 bridgehead atoms. The molecule has 1 aliphatic heterocycles. The number of amides is 3. The van der Waals surface area contributed by atoms with Crippen LogP contribution in [0.1, 0.15) is 17.3 Å². The molecule has 178 valence electrons. The average molecular weight is 456 g/mol. The van der Waals surface area contributed by atoms with Crippen LogP contribution in [-0.2, 0) is 4.74 Å². The first-order valence-corrected chi connectivity index (χ1v) is 11.2. The molecule has 3 rings (SSSR count). The Hall–Kier alpha value is -3.30. The topological polar surface area (TPSA) is 95.2 Å². The van der Waals surface area contributed by atoms with Crippen molar-refractivity contribution in [1.29, 1.82) is 0 Å². The van der Waals surface area contributed by atoms with Gasteiger partial charge in [-0.15, -0.1) is 0 Å². The minimum Gasteiger partial charge on any atom is -0.492 e. The van der Waals surface area contributed by atoms with Crippen LogP contribution in [-0.4, -0.2) is 76.9 Å². The van der Waals surface area contributed by atoms with E-state index in [4.69, 9.17) is 9.47 Å². The molecule has 0 aromatic heterocycles. The second kappa shape index (κ2) is 12.1. The third kappa shape index (κ3) is 7.10. The summed E-state index contributed by atoms with van der Waals surface area (Å²) in [4.78, 5) is 29.6. The summed E-state index contributed by atoms with van der Waals surface area (Å²) in [5.74, 6) is 0.413. The number of hydrogen-bond donors (Lipinski definition) is 3. The van der Waals surface area contributed by atoms with Crippen molar-refractivity contribution >= 4 is 29.0 Å². The van der Waals surface area contributed by atoms with Crippen LogP contribution in [0.25, 0.3) is 0 Å². The van der Waals surface area contributed by atoms with E-state index in [1.807, 2.05) is 44.1 Å². The number of benzene rings is 2. The van der Waals surface area contributed by atoms with Gasteiger partial charge in [0.2, 0.25) is 0 Å². The van der Waals surface area contributed by atoms with Gasteiger partial charge < -0.3 is 30.3 Å². The SMILES string of the molecule is CCOc1ccccc1NC(=O)Nc1ccc(N(C)C)c(C(=O)NCCN2CCOCC2)c1. The number of urea groups is 1. The molecule has 0 unspecified atom stereocenters.